The summed E-state index contributed by atoms with van der Waals surface area (Å²) in [6.45, 7) is 4.05. The van der Waals surface area contributed by atoms with Crippen molar-refractivity contribution in [2.24, 2.45) is 0 Å². The first-order valence-electron chi connectivity index (χ1n) is 6.97. The summed E-state index contributed by atoms with van der Waals surface area (Å²) in [5.41, 5.74) is 6.94. The predicted molar refractivity (Wildman–Crippen MR) is 94.2 cm³/mol. The van der Waals surface area contributed by atoms with Gasteiger partial charge in [0.25, 0.3) is 0 Å². The fourth-order valence-corrected chi connectivity index (χ4v) is 3.14. The zero-order chi connectivity index (χ0) is 16.0. The minimum absolute atomic E-state index is 0.0638. The van der Waals surface area contributed by atoms with Crippen LogP contribution in [0.5, 0.6) is 0 Å². The SMILES string of the molecule is CCC(CSC)N(C)C(C)C(=O)Nc1ccc(Cl)cc1N. The van der Waals surface area contributed by atoms with Crippen molar-refractivity contribution in [1.29, 1.82) is 0 Å². The second-order valence-corrected chi connectivity index (χ2v) is 6.43. The number of nitrogen functional groups attached to an aromatic ring is 1. The Labute approximate surface area is 136 Å². The molecule has 0 heterocycles. The molecule has 1 aromatic rings. The first kappa shape index (κ1) is 18.1. The second-order valence-electron chi connectivity index (χ2n) is 5.08. The van der Waals surface area contributed by atoms with E-state index in [1.54, 1.807) is 30.0 Å². The van der Waals surface area contributed by atoms with Gasteiger partial charge in [0.1, 0.15) is 0 Å². The van der Waals surface area contributed by atoms with Gasteiger partial charge in [-0.05, 0) is 44.8 Å². The highest BCUT2D eigenvalue weighted by atomic mass is 35.5. The number of likely N-dealkylation sites (N-methyl/N-ethyl adjacent to an activating group) is 1. The molecule has 0 aromatic heterocycles. The number of benzene rings is 1. The van der Waals surface area contributed by atoms with E-state index < -0.39 is 0 Å². The van der Waals surface area contributed by atoms with Gasteiger partial charge in [-0.1, -0.05) is 18.5 Å². The van der Waals surface area contributed by atoms with Crippen LogP contribution in [-0.2, 0) is 4.79 Å². The van der Waals surface area contributed by atoms with Gasteiger partial charge >= 0.3 is 0 Å². The van der Waals surface area contributed by atoms with E-state index in [1.165, 1.54) is 0 Å². The predicted octanol–water partition coefficient (Wildman–Crippen LogP) is 3.32. The molecule has 0 bridgehead atoms. The van der Waals surface area contributed by atoms with Crippen LogP contribution < -0.4 is 11.1 Å². The molecule has 0 aliphatic heterocycles. The quantitative estimate of drug-likeness (QED) is 0.753. The van der Waals surface area contributed by atoms with Crippen LogP contribution >= 0.6 is 23.4 Å². The van der Waals surface area contributed by atoms with Gasteiger partial charge in [-0.15, -0.1) is 0 Å². The lowest BCUT2D eigenvalue weighted by atomic mass is 10.1. The summed E-state index contributed by atoms with van der Waals surface area (Å²) in [7, 11) is 1.99. The standard InChI is InChI=1S/C15H24ClN3OS/c1-5-12(9-21-4)19(3)10(2)15(20)18-14-7-6-11(16)8-13(14)17/h6-8,10,12H,5,9,17H2,1-4H3,(H,18,20). The van der Waals surface area contributed by atoms with Crippen LogP contribution in [0.3, 0.4) is 0 Å². The molecule has 21 heavy (non-hydrogen) atoms. The molecule has 0 aliphatic rings. The number of hydrogen-bond donors (Lipinski definition) is 2. The van der Waals surface area contributed by atoms with Crippen molar-refractivity contribution >= 4 is 40.6 Å². The van der Waals surface area contributed by atoms with Gasteiger partial charge < -0.3 is 11.1 Å². The highest BCUT2D eigenvalue weighted by Gasteiger charge is 2.24. The Morgan fingerprint density at radius 2 is 2.19 bits per heavy atom. The fraction of sp³-hybridized carbons (Fsp3) is 0.533. The number of carbonyl (C=O) groups excluding carboxylic acids is 1. The summed E-state index contributed by atoms with van der Waals surface area (Å²) < 4.78 is 0. The van der Waals surface area contributed by atoms with Crippen molar-refractivity contribution in [2.45, 2.75) is 32.4 Å². The largest absolute Gasteiger partial charge is 0.397 e. The molecule has 0 aliphatic carbocycles. The molecule has 2 unspecified atom stereocenters. The van der Waals surface area contributed by atoms with Crippen LogP contribution in [0.1, 0.15) is 20.3 Å². The third kappa shape index (κ3) is 5.09. The Morgan fingerprint density at radius 1 is 1.52 bits per heavy atom. The summed E-state index contributed by atoms with van der Waals surface area (Å²) in [5, 5.41) is 3.43. The van der Waals surface area contributed by atoms with E-state index in [-0.39, 0.29) is 11.9 Å². The van der Waals surface area contributed by atoms with E-state index in [2.05, 4.69) is 23.4 Å². The molecule has 0 spiro atoms. The first-order valence-corrected chi connectivity index (χ1v) is 8.74. The monoisotopic (exact) mass is 329 g/mol. The fourth-order valence-electron chi connectivity index (χ4n) is 2.10. The number of nitrogens with two attached hydrogens (primary N) is 1. The minimum Gasteiger partial charge on any atom is -0.397 e. The molecule has 118 valence electrons. The van der Waals surface area contributed by atoms with E-state index in [1.807, 2.05) is 14.0 Å². The van der Waals surface area contributed by atoms with Gasteiger partial charge in [0.15, 0.2) is 0 Å². The minimum atomic E-state index is -0.225. The van der Waals surface area contributed by atoms with Gasteiger partial charge in [0.2, 0.25) is 5.91 Å². The number of amides is 1. The van der Waals surface area contributed by atoms with Crippen molar-refractivity contribution in [2.75, 3.05) is 30.1 Å². The Bertz CT molecular complexity index is 484. The lowest BCUT2D eigenvalue weighted by Gasteiger charge is -2.31. The number of nitrogens with one attached hydrogen (secondary N) is 1. The van der Waals surface area contributed by atoms with Crippen LogP contribution in [-0.4, -0.2) is 41.9 Å². The third-order valence-corrected chi connectivity index (χ3v) is 4.62. The Morgan fingerprint density at radius 3 is 2.71 bits per heavy atom. The molecule has 3 N–H and O–H groups in total. The average molecular weight is 330 g/mol. The molecule has 6 heteroatoms. The van der Waals surface area contributed by atoms with E-state index in [0.717, 1.165) is 12.2 Å². The van der Waals surface area contributed by atoms with E-state index in [9.17, 15) is 4.79 Å². The maximum Gasteiger partial charge on any atom is 0.241 e. The summed E-state index contributed by atoms with van der Waals surface area (Å²) in [6.07, 6.45) is 3.09. The van der Waals surface area contributed by atoms with E-state index in [0.29, 0.717) is 22.4 Å². The Kier molecular flexibility index (Phi) is 7.35. The summed E-state index contributed by atoms with van der Waals surface area (Å²) in [6, 6.07) is 5.22. The summed E-state index contributed by atoms with van der Waals surface area (Å²) in [5.74, 6) is 0.944. The Hall–Kier alpha value is -0.910. The molecular weight excluding hydrogens is 306 g/mol. The van der Waals surface area contributed by atoms with Crippen molar-refractivity contribution < 1.29 is 4.79 Å². The molecule has 0 saturated heterocycles. The average Bonchev–Trinajstić information content (AvgIpc) is 2.46. The van der Waals surface area contributed by atoms with Crippen LogP contribution in [0.15, 0.2) is 18.2 Å². The van der Waals surface area contributed by atoms with Crippen LogP contribution in [0.4, 0.5) is 11.4 Å². The van der Waals surface area contributed by atoms with Crippen LogP contribution in [0.2, 0.25) is 5.02 Å². The number of thioether (sulfide) groups is 1. The first-order chi connectivity index (χ1) is 9.90. The zero-order valence-electron chi connectivity index (χ0n) is 13.0. The van der Waals surface area contributed by atoms with Crippen molar-refractivity contribution in [3.63, 3.8) is 0 Å². The summed E-state index contributed by atoms with van der Waals surface area (Å²) in [4.78, 5) is 14.5. The topological polar surface area (TPSA) is 58.4 Å². The number of rotatable bonds is 7. The number of halogens is 1. The van der Waals surface area contributed by atoms with Crippen molar-refractivity contribution in [3.8, 4) is 0 Å². The van der Waals surface area contributed by atoms with Crippen molar-refractivity contribution in [3.05, 3.63) is 23.2 Å². The van der Waals surface area contributed by atoms with Gasteiger partial charge in [-0.2, -0.15) is 11.8 Å². The molecule has 1 aromatic carbocycles. The maximum absolute atomic E-state index is 12.4. The number of carbonyl (C=O) groups is 1. The second kappa shape index (κ2) is 8.51. The highest BCUT2D eigenvalue weighted by molar-refractivity contribution is 7.98. The van der Waals surface area contributed by atoms with Crippen LogP contribution in [0, 0.1) is 0 Å². The lowest BCUT2D eigenvalue weighted by molar-refractivity contribution is -0.120. The van der Waals surface area contributed by atoms with Crippen molar-refractivity contribution in [1.82, 2.24) is 4.90 Å². The van der Waals surface area contributed by atoms with Gasteiger partial charge in [0.05, 0.1) is 17.4 Å². The number of anilines is 2. The number of nitrogens with zero attached hydrogens (tertiary/aromatic N) is 1. The van der Waals surface area contributed by atoms with Gasteiger partial charge in [-0.3, -0.25) is 9.69 Å². The van der Waals surface area contributed by atoms with Gasteiger partial charge in [-0.25, -0.2) is 0 Å². The molecular formula is C15H24ClN3OS. The number of hydrogen-bond acceptors (Lipinski definition) is 4. The Balaban J connectivity index is 2.73. The molecule has 4 nitrogen and oxygen atoms in total. The van der Waals surface area contributed by atoms with Crippen LogP contribution in [0.25, 0.3) is 0 Å². The van der Waals surface area contributed by atoms with E-state index in [4.69, 9.17) is 17.3 Å². The molecule has 0 fully saturated rings. The molecule has 1 amide bonds. The molecule has 0 saturated carbocycles. The smallest absolute Gasteiger partial charge is 0.241 e. The maximum atomic E-state index is 12.4. The lowest BCUT2D eigenvalue weighted by Crippen LogP contribution is -2.46. The molecule has 1 rings (SSSR count). The van der Waals surface area contributed by atoms with E-state index >= 15 is 0 Å². The zero-order valence-corrected chi connectivity index (χ0v) is 14.6. The molecule has 2 atom stereocenters. The van der Waals surface area contributed by atoms with Gasteiger partial charge in [0, 0.05) is 16.8 Å². The molecule has 0 radical (unpaired) electrons. The highest BCUT2D eigenvalue weighted by Crippen LogP contribution is 2.23. The normalized spacial score (nSPS) is 14.0. The summed E-state index contributed by atoms with van der Waals surface area (Å²) >= 11 is 7.65. The third-order valence-electron chi connectivity index (χ3n) is 3.67.